The van der Waals surface area contributed by atoms with Gasteiger partial charge in [0.1, 0.15) is 5.82 Å². The summed E-state index contributed by atoms with van der Waals surface area (Å²) in [6, 6.07) is 18.5. The first-order chi connectivity index (χ1) is 14.2. The molecule has 2 atom stereocenters. The number of methoxy groups -OCH3 is 1. The number of aromatic nitrogens is 2. The minimum atomic E-state index is -0.480. The van der Waals surface area contributed by atoms with Gasteiger partial charge in [0, 0.05) is 22.9 Å². The molecule has 0 spiro atoms. The molecule has 3 aromatic rings. The second-order valence-electron chi connectivity index (χ2n) is 7.38. The first kappa shape index (κ1) is 21.9. The third kappa shape index (κ3) is 4.66. The molecule has 2 heterocycles. The average Bonchev–Trinajstić information content (AvgIpc) is 3.16. The van der Waals surface area contributed by atoms with E-state index in [-0.39, 0.29) is 18.4 Å². The quantitative estimate of drug-likeness (QED) is 0.536. The van der Waals surface area contributed by atoms with Crippen LogP contribution in [0.4, 0.5) is 10.5 Å². The van der Waals surface area contributed by atoms with Crippen LogP contribution in [0.5, 0.6) is 0 Å². The van der Waals surface area contributed by atoms with E-state index in [1.165, 1.54) is 12.7 Å². The lowest BCUT2D eigenvalue weighted by Crippen LogP contribution is -2.33. The van der Waals surface area contributed by atoms with Crippen LogP contribution >= 0.6 is 12.4 Å². The van der Waals surface area contributed by atoms with Gasteiger partial charge >= 0.3 is 6.09 Å². The van der Waals surface area contributed by atoms with E-state index >= 15 is 0 Å². The van der Waals surface area contributed by atoms with E-state index in [4.69, 9.17) is 4.98 Å². The van der Waals surface area contributed by atoms with Gasteiger partial charge in [-0.15, -0.1) is 12.4 Å². The van der Waals surface area contributed by atoms with Crippen molar-refractivity contribution in [1.29, 1.82) is 0 Å². The number of amides is 1. The van der Waals surface area contributed by atoms with Crippen LogP contribution in [0.25, 0.3) is 11.3 Å². The van der Waals surface area contributed by atoms with Gasteiger partial charge in [0.15, 0.2) is 0 Å². The van der Waals surface area contributed by atoms with E-state index in [0.717, 1.165) is 42.2 Å². The van der Waals surface area contributed by atoms with Gasteiger partial charge in [-0.05, 0) is 44.0 Å². The molecule has 1 fully saturated rings. The molecule has 1 aliphatic rings. The highest BCUT2D eigenvalue weighted by atomic mass is 35.5. The maximum absolute atomic E-state index is 11.4. The van der Waals surface area contributed by atoms with Crippen LogP contribution in [-0.2, 0) is 4.74 Å². The minimum Gasteiger partial charge on any atom is -0.453 e. The summed E-state index contributed by atoms with van der Waals surface area (Å²) < 4.78 is 4.63. The van der Waals surface area contributed by atoms with E-state index in [1.807, 2.05) is 31.2 Å². The monoisotopic (exact) mass is 426 g/mol. The van der Waals surface area contributed by atoms with Crippen molar-refractivity contribution in [3.63, 3.8) is 0 Å². The molecule has 3 N–H and O–H groups in total. The lowest BCUT2D eigenvalue weighted by molar-refractivity contribution is 0.187. The smallest absolute Gasteiger partial charge is 0.411 e. The molecule has 1 saturated heterocycles. The van der Waals surface area contributed by atoms with Gasteiger partial charge < -0.3 is 15.0 Å². The molecule has 0 aliphatic carbocycles. The molecule has 6 nitrogen and oxygen atoms in total. The van der Waals surface area contributed by atoms with Crippen LogP contribution in [0, 0.1) is 6.92 Å². The third-order valence-corrected chi connectivity index (χ3v) is 5.47. The molecular weight excluding hydrogens is 400 g/mol. The molecule has 1 amide bonds. The molecule has 1 aliphatic heterocycles. The number of hydrogen-bond acceptors (Lipinski definition) is 4. The number of aromatic amines is 1. The van der Waals surface area contributed by atoms with Crippen molar-refractivity contribution in [3.05, 3.63) is 71.7 Å². The summed E-state index contributed by atoms with van der Waals surface area (Å²) in [5.41, 5.74) is 5.01. The highest BCUT2D eigenvalue weighted by Gasteiger charge is 2.30. The Morgan fingerprint density at radius 3 is 2.57 bits per heavy atom. The molecule has 30 heavy (non-hydrogen) atoms. The molecule has 7 heteroatoms. The van der Waals surface area contributed by atoms with Crippen LogP contribution in [0.15, 0.2) is 54.6 Å². The first-order valence-electron chi connectivity index (χ1n) is 9.96. The standard InChI is InChI=1S/C23H26N4O2.ClH/c1-15-20(17-10-12-18(13-11-17)26-23(28)29-2)27-22(25-15)21-19(9-6-14-24-21)16-7-4-3-5-8-16;/h3-5,7-8,10-13,19,21,24H,6,9,14H2,1-2H3,(H,25,27)(H,26,28);1H. The number of aryl methyl sites for hydroxylation is 1. The summed E-state index contributed by atoms with van der Waals surface area (Å²) in [6.07, 6.45) is 1.83. The minimum absolute atomic E-state index is 0. The van der Waals surface area contributed by atoms with Crippen LogP contribution < -0.4 is 10.6 Å². The predicted molar refractivity (Wildman–Crippen MR) is 121 cm³/mol. The number of rotatable bonds is 4. The van der Waals surface area contributed by atoms with E-state index in [2.05, 4.69) is 50.7 Å². The lowest BCUT2D eigenvalue weighted by atomic mass is 9.84. The van der Waals surface area contributed by atoms with Crippen LogP contribution in [-0.4, -0.2) is 29.7 Å². The number of carbonyl (C=O) groups excluding carboxylic acids is 1. The fourth-order valence-corrected chi connectivity index (χ4v) is 4.03. The third-order valence-electron chi connectivity index (χ3n) is 5.47. The second kappa shape index (κ2) is 9.78. The number of benzene rings is 2. The summed E-state index contributed by atoms with van der Waals surface area (Å²) in [4.78, 5) is 19.8. The number of nitrogens with one attached hydrogen (secondary N) is 3. The topological polar surface area (TPSA) is 79.0 Å². The number of hydrogen-bond donors (Lipinski definition) is 3. The summed E-state index contributed by atoms with van der Waals surface area (Å²) in [5, 5.41) is 6.32. The highest BCUT2D eigenvalue weighted by Crippen LogP contribution is 2.37. The van der Waals surface area contributed by atoms with Crippen LogP contribution in [0.1, 0.15) is 41.9 Å². The SMILES string of the molecule is COC(=O)Nc1ccc(-c2nc(C3NCCCC3c3ccccc3)[nH]c2C)cc1.Cl. The molecule has 0 bridgehead atoms. The Kier molecular flexibility index (Phi) is 7.13. The van der Waals surface area contributed by atoms with Crippen molar-refractivity contribution < 1.29 is 9.53 Å². The Bertz CT molecular complexity index is 973. The molecule has 2 aromatic carbocycles. The predicted octanol–water partition coefficient (Wildman–Crippen LogP) is 5.19. The Morgan fingerprint density at radius 1 is 1.13 bits per heavy atom. The van der Waals surface area contributed by atoms with Crippen molar-refractivity contribution in [1.82, 2.24) is 15.3 Å². The highest BCUT2D eigenvalue weighted by molar-refractivity contribution is 5.85. The van der Waals surface area contributed by atoms with Crippen LogP contribution in [0.2, 0.25) is 0 Å². The number of nitrogens with zero attached hydrogens (tertiary/aromatic N) is 1. The Morgan fingerprint density at radius 2 is 1.87 bits per heavy atom. The van der Waals surface area contributed by atoms with Crippen molar-refractivity contribution >= 4 is 24.2 Å². The molecule has 0 saturated carbocycles. The van der Waals surface area contributed by atoms with Crippen molar-refractivity contribution in [2.75, 3.05) is 19.0 Å². The number of anilines is 1. The zero-order chi connectivity index (χ0) is 20.2. The van der Waals surface area contributed by atoms with Gasteiger partial charge in [0.25, 0.3) is 0 Å². The first-order valence-corrected chi connectivity index (χ1v) is 9.96. The molecule has 2 unspecified atom stereocenters. The molecular formula is C23H27ClN4O2. The zero-order valence-corrected chi connectivity index (χ0v) is 18.0. The Labute approximate surface area is 182 Å². The van der Waals surface area contributed by atoms with Crippen molar-refractivity contribution in [3.8, 4) is 11.3 Å². The average molecular weight is 427 g/mol. The zero-order valence-electron chi connectivity index (χ0n) is 17.1. The van der Waals surface area contributed by atoms with E-state index in [9.17, 15) is 4.79 Å². The summed E-state index contributed by atoms with van der Waals surface area (Å²) in [6.45, 7) is 3.05. The largest absolute Gasteiger partial charge is 0.453 e. The van der Waals surface area contributed by atoms with Crippen molar-refractivity contribution in [2.45, 2.75) is 31.7 Å². The fraction of sp³-hybridized carbons (Fsp3) is 0.304. The molecule has 158 valence electrons. The van der Waals surface area contributed by atoms with Crippen LogP contribution in [0.3, 0.4) is 0 Å². The molecule has 0 radical (unpaired) electrons. The second-order valence-corrected chi connectivity index (χ2v) is 7.38. The summed E-state index contributed by atoms with van der Waals surface area (Å²) >= 11 is 0. The number of ether oxygens (including phenoxy) is 1. The number of imidazole rings is 1. The van der Waals surface area contributed by atoms with Gasteiger partial charge in [0.05, 0.1) is 18.8 Å². The molecule has 1 aromatic heterocycles. The fourth-order valence-electron chi connectivity index (χ4n) is 4.03. The van der Waals surface area contributed by atoms with Gasteiger partial charge in [-0.1, -0.05) is 42.5 Å². The maximum atomic E-state index is 11.4. The normalized spacial score (nSPS) is 18.3. The number of H-pyrrole nitrogens is 1. The number of piperidine rings is 1. The summed E-state index contributed by atoms with van der Waals surface area (Å²) in [7, 11) is 1.35. The number of carbonyl (C=O) groups is 1. The Hall–Kier alpha value is -2.83. The Balaban J connectivity index is 0.00000256. The van der Waals surface area contributed by atoms with Gasteiger partial charge in [-0.3, -0.25) is 5.32 Å². The lowest BCUT2D eigenvalue weighted by Gasteiger charge is -2.31. The van der Waals surface area contributed by atoms with Gasteiger partial charge in [0.2, 0.25) is 0 Å². The van der Waals surface area contributed by atoms with Gasteiger partial charge in [-0.25, -0.2) is 9.78 Å². The van der Waals surface area contributed by atoms with Crippen molar-refractivity contribution in [2.24, 2.45) is 0 Å². The van der Waals surface area contributed by atoms with E-state index in [1.54, 1.807) is 0 Å². The van der Waals surface area contributed by atoms with E-state index < -0.39 is 6.09 Å². The summed E-state index contributed by atoms with van der Waals surface area (Å²) in [5.74, 6) is 1.37. The van der Waals surface area contributed by atoms with E-state index in [0.29, 0.717) is 11.6 Å². The maximum Gasteiger partial charge on any atom is 0.411 e. The number of halogens is 1. The van der Waals surface area contributed by atoms with Gasteiger partial charge in [-0.2, -0.15) is 0 Å². The molecule has 4 rings (SSSR count).